The maximum absolute atomic E-state index is 13.5. The Bertz CT molecular complexity index is 370. The monoisotopic (exact) mass is 236 g/mol. The molecular formula is C14H21FN2. The summed E-state index contributed by atoms with van der Waals surface area (Å²) >= 11 is 0. The number of benzene rings is 1. The Labute approximate surface area is 103 Å². The fourth-order valence-corrected chi connectivity index (χ4v) is 2.39. The SMILES string of the molecule is CC1CCN(c2cc(F)cc(CCN)c2)CC1. The Morgan fingerprint density at radius 3 is 2.65 bits per heavy atom. The fraction of sp³-hybridized carbons (Fsp3) is 0.571. The third kappa shape index (κ3) is 3.19. The maximum atomic E-state index is 13.5. The van der Waals surface area contributed by atoms with Gasteiger partial charge in [-0.25, -0.2) is 4.39 Å². The predicted octanol–water partition coefficient (Wildman–Crippen LogP) is 2.56. The first-order chi connectivity index (χ1) is 8.19. The largest absolute Gasteiger partial charge is 0.371 e. The topological polar surface area (TPSA) is 29.3 Å². The van der Waals surface area contributed by atoms with Crippen molar-refractivity contribution in [2.24, 2.45) is 11.7 Å². The molecule has 1 saturated heterocycles. The predicted molar refractivity (Wildman–Crippen MR) is 69.8 cm³/mol. The lowest BCUT2D eigenvalue weighted by Gasteiger charge is -2.32. The summed E-state index contributed by atoms with van der Waals surface area (Å²) < 4.78 is 13.5. The van der Waals surface area contributed by atoms with Crippen molar-refractivity contribution in [3.63, 3.8) is 0 Å². The van der Waals surface area contributed by atoms with Crippen molar-refractivity contribution in [1.29, 1.82) is 0 Å². The first-order valence-corrected chi connectivity index (χ1v) is 6.43. The molecule has 0 aliphatic carbocycles. The second-order valence-electron chi connectivity index (χ2n) is 5.03. The quantitative estimate of drug-likeness (QED) is 0.874. The zero-order chi connectivity index (χ0) is 12.3. The summed E-state index contributed by atoms with van der Waals surface area (Å²) in [6, 6.07) is 5.30. The number of rotatable bonds is 3. The van der Waals surface area contributed by atoms with Crippen molar-refractivity contribution >= 4 is 5.69 Å². The Morgan fingerprint density at radius 2 is 2.00 bits per heavy atom. The lowest BCUT2D eigenvalue weighted by molar-refractivity contribution is 0.438. The van der Waals surface area contributed by atoms with Crippen molar-refractivity contribution in [3.05, 3.63) is 29.6 Å². The van der Waals surface area contributed by atoms with Crippen LogP contribution in [0.4, 0.5) is 10.1 Å². The Morgan fingerprint density at radius 1 is 1.29 bits per heavy atom. The fourth-order valence-electron chi connectivity index (χ4n) is 2.39. The van der Waals surface area contributed by atoms with E-state index >= 15 is 0 Å². The van der Waals surface area contributed by atoms with Gasteiger partial charge < -0.3 is 10.6 Å². The summed E-state index contributed by atoms with van der Waals surface area (Å²) in [6.45, 7) is 4.92. The number of nitrogens with zero attached hydrogens (tertiary/aromatic N) is 1. The van der Waals surface area contributed by atoms with E-state index in [0.29, 0.717) is 6.54 Å². The third-order valence-corrected chi connectivity index (χ3v) is 3.52. The van der Waals surface area contributed by atoms with Crippen LogP contribution in [0, 0.1) is 11.7 Å². The number of piperidine rings is 1. The van der Waals surface area contributed by atoms with Crippen LogP contribution in [0.2, 0.25) is 0 Å². The van der Waals surface area contributed by atoms with E-state index in [9.17, 15) is 4.39 Å². The third-order valence-electron chi connectivity index (χ3n) is 3.52. The van der Waals surface area contributed by atoms with Gasteiger partial charge in [0.1, 0.15) is 5.82 Å². The van der Waals surface area contributed by atoms with Crippen LogP contribution in [0.3, 0.4) is 0 Å². The average Bonchev–Trinajstić information content (AvgIpc) is 2.29. The minimum atomic E-state index is -0.149. The van der Waals surface area contributed by atoms with E-state index in [1.807, 2.05) is 0 Å². The van der Waals surface area contributed by atoms with Crippen LogP contribution in [-0.4, -0.2) is 19.6 Å². The first kappa shape index (κ1) is 12.4. The summed E-state index contributed by atoms with van der Waals surface area (Å²) in [5, 5.41) is 0. The van der Waals surface area contributed by atoms with Crippen LogP contribution in [0.25, 0.3) is 0 Å². The minimum Gasteiger partial charge on any atom is -0.371 e. The van der Waals surface area contributed by atoms with E-state index in [0.717, 1.165) is 36.7 Å². The van der Waals surface area contributed by atoms with Crippen LogP contribution in [0.1, 0.15) is 25.3 Å². The van der Waals surface area contributed by atoms with Gasteiger partial charge in [-0.15, -0.1) is 0 Å². The highest BCUT2D eigenvalue weighted by Crippen LogP contribution is 2.24. The molecule has 0 spiro atoms. The van der Waals surface area contributed by atoms with E-state index in [1.165, 1.54) is 12.8 Å². The highest BCUT2D eigenvalue weighted by Gasteiger charge is 2.16. The summed E-state index contributed by atoms with van der Waals surface area (Å²) in [5.41, 5.74) is 7.54. The standard InChI is InChI=1S/C14H21FN2/c1-11-3-6-17(7-4-11)14-9-12(2-5-16)8-13(15)10-14/h8-11H,2-7,16H2,1H3. The number of nitrogens with two attached hydrogens (primary N) is 1. The molecule has 1 aromatic rings. The Balaban J connectivity index is 2.14. The van der Waals surface area contributed by atoms with E-state index < -0.39 is 0 Å². The van der Waals surface area contributed by atoms with Crippen LogP contribution < -0.4 is 10.6 Å². The van der Waals surface area contributed by atoms with Gasteiger partial charge in [0.2, 0.25) is 0 Å². The molecule has 1 aliphatic heterocycles. The smallest absolute Gasteiger partial charge is 0.125 e. The zero-order valence-corrected chi connectivity index (χ0v) is 10.5. The van der Waals surface area contributed by atoms with Gasteiger partial charge in [-0.3, -0.25) is 0 Å². The molecule has 0 aromatic heterocycles. The van der Waals surface area contributed by atoms with E-state index in [4.69, 9.17) is 5.73 Å². The van der Waals surface area contributed by atoms with Crippen LogP contribution >= 0.6 is 0 Å². The van der Waals surface area contributed by atoms with Crippen LogP contribution in [-0.2, 0) is 6.42 Å². The number of hydrogen-bond donors (Lipinski definition) is 1. The lowest BCUT2D eigenvalue weighted by Crippen LogP contribution is -2.32. The van der Waals surface area contributed by atoms with Crippen molar-refractivity contribution in [1.82, 2.24) is 0 Å². The second kappa shape index (κ2) is 5.50. The molecule has 0 radical (unpaired) electrons. The molecule has 0 unspecified atom stereocenters. The molecule has 3 heteroatoms. The summed E-state index contributed by atoms with van der Waals surface area (Å²) in [6.07, 6.45) is 3.14. The van der Waals surface area contributed by atoms with Crippen LogP contribution in [0.5, 0.6) is 0 Å². The van der Waals surface area contributed by atoms with Gasteiger partial charge in [-0.1, -0.05) is 6.92 Å². The highest BCUT2D eigenvalue weighted by molar-refractivity contribution is 5.49. The molecule has 1 heterocycles. The normalized spacial score (nSPS) is 17.5. The average molecular weight is 236 g/mol. The van der Waals surface area contributed by atoms with Gasteiger partial charge in [-0.2, -0.15) is 0 Å². The van der Waals surface area contributed by atoms with Crippen molar-refractivity contribution < 1.29 is 4.39 Å². The molecule has 94 valence electrons. The molecule has 0 atom stereocenters. The molecule has 2 N–H and O–H groups in total. The molecule has 1 aliphatic rings. The molecule has 0 amide bonds. The van der Waals surface area contributed by atoms with Crippen molar-refractivity contribution in [2.45, 2.75) is 26.2 Å². The van der Waals surface area contributed by atoms with E-state index in [-0.39, 0.29) is 5.82 Å². The molecule has 2 nitrogen and oxygen atoms in total. The Kier molecular flexibility index (Phi) is 4.00. The molecular weight excluding hydrogens is 215 g/mol. The molecule has 17 heavy (non-hydrogen) atoms. The van der Waals surface area contributed by atoms with Gasteiger partial charge >= 0.3 is 0 Å². The molecule has 0 bridgehead atoms. The zero-order valence-electron chi connectivity index (χ0n) is 10.5. The van der Waals surface area contributed by atoms with E-state index in [1.54, 1.807) is 12.1 Å². The summed E-state index contributed by atoms with van der Waals surface area (Å²) in [5.74, 6) is 0.646. The lowest BCUT2D eigenvalue weighted by atomic mass is 9.98. The van der Waals surface area contributed by atoms with Gasteiger partial charge in [0.05, 0.1) is 0 Å². The van der Waals surface area contributed by atoms with Gasteiger partial charge in [-0.05, 0) is 55.5 Å². The molecule has 0 saturated carbocycles. The van der Waals surface area contributed by atoms with Gasteiger partial charge in [0, 0.05) is 18.8 Å². The highest BCUT2D eigenvalue weighted by atomic mass is 19.1. The van der Waals surface area contributed by atoms with Gasteiger partial charge in [0.15, 0.2) is 0 Å². The molecule has 1 fully saturated rings. The summed E-state index contributed by atoms with van der Waals surface area (Å²) in [7, 11) is 0. The van der Waals surface area contributed by atoms with E-state index in [2.05, 4.69) is 17.9 Å². The minimum absolute atomic E-state index is 0.149. The van der Waals surface area contributed by atoms with Crippen LogP contribution in [0.15, 0.2) is 18.2 Å². The first-order valence-electron chi connectivity index (χ1n) is 6.43. The molecule has 1 aromatic carbocycles. The summed E-state index contributed by atoms with van der Waals surface area (Å²) in [4.78, 5) is 2.28. The maximum Gasteiger partial charge on any atom is 0.125 e. The second-order valence-corrected chi connectivity index (χ2v) is 5.03. The molecule has 2 rings (SSSR count). The van der Waals surface area contributed by atoms with Crippen molar-refractivity contribution in [2.75, 3.05) is 24.5 Å². The number of hydrogen-bond acceptors (Lipinski definition) is 2. The number of halogens is 1. The number of anilines is 1. The Hall–Kier alpha value is -1.09. The van der Waals surface area contributed by atoms with Gasteiger partial charge in [0.25, 0.3) is 0 Å². The van der Waals surface area contributed by atoms with Crippen molar-refractivity contribution in [3.8, 4) is 0 Å².